The molecule has 1 N–H and O–H groups in total. The van der Waals surface area contributed by atoms with Crippen LogP contribution in [0.3, 0.4) is 0 Å². The first-order valence-corrected chi connectivity index (χ1v) is 6.85. The van der Waals surface area contributed by atoms with Gasteiger partial charge in [-0.2, -0.15) is 0 Å². The van der Waals surface area contributed by atoms with Crippen molar-refractivity contribution < 1.29 is 9.13 Å². The van der Waals surface area contributed by atoms with Crippen molar-refractivity contribution in [3.63, 3.8) is 0 Å². The fraction of sp³-hybridized carbons (Fsp3) is 0.250. The van der Waals surface area contributed by atoms with E-state index in [1.165, 1.54) is 0 Å². The van der Waals surface area contributed by atoms with E-state index in [-0.39, 0.29) is 10.8 Å². The van der Waals surface area contributed by atoms with Crippen molar-refractivity contribution in [2.45, 2.75) is 13.0 Å². The topological polar surface area (TPSA) is 21.3 Å². The maximum absolute atomic E-state index is 13.7. The van der Waals surface area contributed by atoms with E-state index in [9.17, 15) is 4.39 Å². The number of ether oxygens (including phenoxy) is 1. The molecule has 0 heterocycles. The van der Waals surface area contributed by atoms with Crippen molar-refractivity contribution in [3.05, 3.63) is 64.4 Å². The summed E-state index contributed by atoms with van der Waals surface area (Å²) in [6, 6.07) is 12.9. The first-order valence-electron chi connectivity index (χ1n) is 6.48. The second kappa shape index (κ2) is 7.27. The second-order valence-electron chi connectivity index (χ2n) is 4.45. The molecular weight excluding hydrogens is 277 g/mol. The van der Waals surface area contributed by atoms with Crippen LogP contribution < -0.4 is 10.1 Å². The third-order valence-corrected chi connectivity index (χ3v) is 3.40. The molecule has 0 aliphatic carbocycles. The Labute approximate surface area is 123 Å². The molecule has 0 aliphatic rings. The van der Waals surface area contributed by atoms with Crippen molar-refractivity contribution in [2.24, 2.45) is 0 Å². The summed E-state index contributed by atoms with van der Waals surface area (Å²) in [6.45, 7) is 1.20. The van der Waals surface area contributed by atoms with Crippen LogP contribution >= 0.6 is 11.6 Å². The summed E-state index contributed by atoms with van der Waals surface area (Å²) < 4.78 is 19.0. The van der Waals surface area contributed by atoms with Crippen LogP contribution in [0.25, 0.3) is 0 Å². The Morgan fingerprint density at radius 1 is 1.10 bits per heavy atom. The Bertz CT molecular complexity index is 574. The van der Waals surface area contributed by atoms with Crippen LogP contribution in [-0.2, 0) is 13.0 Å². The molecule has 4 heteroatoms. The zero-order valence-electron chi connectivity index (χ0n) is 11.3. The molecule has 0 radical (unpaired) electrons. The second-order valence-corrected chi connectivity index (χ2v) is 4.86. The van der Waals surface area contributed by atoms with Gasteiger partial charge in [0.15, 0.2) is 0 Å². The van der Waals surface area contributed by atoms with E-state index in [4.69, 9.17) is 16.3 Å². The van der Waals surface area contributed by atoms with Gasteiger partial charge in [0.05, 0.1) is 12.1 Å². The Hall–Kier alpha value is -1.58. The maximum Gasteiger partial charge on any atom is 0.146 e. The highest BCUT2D eigenvalue weighted by molar-refractivity contribution is 6.30. The molecule has 0 spiro atoms. The average molecular weight is 294 g/mol. The Balaban J connectivity index is 1.86. The largest absolute Gasteiger partial charge is 0.496 e. The van der Waals surface area contributed by atoms with Gasteiger partial charge in [-0.1, -0.05) is 41.9 Å². The Morgan fingerprint density at radius 3 is 2.65 bits per heavy atom. The molecule has 0 amide bonds. The smallest absolute Gasteiger partial charge is 0.146 e. The molecule has 2 rings (SSSR count). The van der Waals surface area contributed by atoms with Gasteiger partial charge in [0.1, 0.15) is 11.6 Å². The predicted molar refractivity (Wildman–Crippen MR) is 79.8 cm³/mol. The van der Waals surface area contributed by atoms with Gasteiger partial charge in [-0.25, -0.2) is 4.39 Å². The summed E-state index contributed by atoms with van der Waals surface area (Å²) in [6.07, 6.45) is 0.826. The number of rotatable bonds is 6. The molecule has 0 aliphatic heterocycles. The van der Waals surface area contributed by atoms with E-state index < -0.39 is 0 Å². The van der Waals surface area contributed by atoms with Gasteiger partial charge in [0, 0.05) is 12.1 Å². The molecule has 0 unspecified atom stereocenters. The predicted octanol–water partition coefficient (Wildman–Crippen LogP) is 3.82. The standard InChI is InChI=1S/C16H17ClFNO/c1-20-15-8-3-2-5-12(15)9-10-19-11-13-6-4-7-14(17)16(13)18/h2-8,19H,9-11H2,1H3. The molecular formula is C16H17ClFNO. The summed E-state index contributed by atoms with van der Waals surface area (Å²) in [5.41, 5.74) is 1.71. The van der Waals surface area contributed by atoms with Gasteiger partial charge in [0.2, 0.25) is 0 Å². The average Bonchev–Trinajstić information content (AvgIpc) is 2.48. The van der Waals surface area contributed by atoms with Crippen LogP contribution in [0, 0.1) is 5.82 Å². The molecule has 106 valence electrons. The van der Waals surface area contributed by atoms with E-state index in [0.29, 0.717) is 12.1 Å². The lowest BCUT2D eigenvalue weighted by molar-refractivity contribution is 0.409. The van der Waals surface area contributed by atoms with Crippen molar-refractivity contribution in [3.8, 4) is 5.75 Å². The minimum Gasteiger partial charge on any atom is -0.496 e. The van der Waals surface area contributed by atoms with E-state index in [1.807, 2.05) is 24.3 Å². The number of methoxy groups -OCH3 is 1. The van der Waals surface area contributed by atoms with E-state index >= 15 is 0 Å². The van der Waals surface area contributed by atoms with Gasteiger partial charge in [0.25, 0.3) is 0 Å². The van der Waals surface area contributed by atoms with Gasteiger partial charge in [-0.3, -0.25) is 0 Å². The molecule has 2 nitrogen and oxygen atoms in total. The van der Waals surface area contributed by atoms with Gasteiger partial charge >= 0.3 is 0 Å². The van der Waals surface area contributed by atoms with Gasteiger partial charge < -0.3 is 10.1 Å². The Kier molecular flexibility index (Phi) is 5.39. The van der Waals surface area contributed by atoms with Crippen molar-refractivity contribution >= 4 is 11.6 Å². The lowest BCUT2D eigenvalue weighted by Crippen LogP contribution is -2.17. The molecule has 0 saturated heterocycles. The summed E-state index contributed by atoms with van der Waals surface area (Å²) in [5.74, 6) is 0.530. The number of halogens is 2. The van der Waals surface area contributed by atoms with Crippen LogP contribution in [0.1, 0.15) is 11.1 Å². The van der Waals surface area contributed by atoms with Crippen molar-refractivity contribution in [1.29, 1.82) is 0 Å². The van der Waals surface area contributed by atoms with E-state index in [0.717, 1.165) is 24.3 Å². The fourth-order valence-corrected chi connectivity index (χ4v) is 2.23. The minimum absolute atomic E-state index is 0.161. The number of benzene rings is 2. The first kappa shape index (κ1) is 14.8. The van der Waals surface area contributed by atoms with E-state index in [1.54, 1.807) is 25.3 Å². The van der Waals surface area contributed by atoms with Crippen LogP contribution in [-0.4, -0.2) is 13.7 Å². The summed E-state index contributed by atoms with van der Waals surface area (Å²) in [5, 5.41) is 3.38. The summed E-state index contributed by atoms with van der Waals surface area (Å²) >= 11 is 5.74. The summed E-state index contributed by atoms with van der Waals surface area (Å²) in [7, 11) is 1.66. The highest BCUT2D eigenvalue weighted by Crippen LogP contribution is 2.18. The molecule has 0 bridgehead atoms. The van der Waals surface area contributed by atoms with E-state index in [2.05, 4.69) is 5.32 Å². The van der Waals surface area contributed by atoms with Gasteiger partial charge in [-0.15, -0.1) is 0 Å². The monoisotopic (exact) mass is 293 g/mol. The summed E-state index contributed by atoms with van der Waals surface area (Å²) in [4.78, 5) is 0. The molecule has 0 aromatic heterocycles. The number of para-hydroxylation sites is 1. The zero-order chi connectivity index (χ0) is 14.4. The number of nitrogens with one attached hydrogen (secondary N) is 1. The minimum atomic E-state index is -0.348. The Morgan fingerprint density at radius 2 is 1.85 bits per heavy atom. The zero-order valence-corrected chi connectivity index (χ0v) is 12.1. The molecule has 2 aromatic rings. The highest BCUT2D eigenvalue weighted by Gasteiger charge is 2.06. The SMILES string of the molecule is COc1ccccc1CCNCc1cccc(Cl)c1F. The highest BCUT2D eigenvalue weighted by atomic mass is 35.5. The lowest BCUT2D eigenvalue weighted by Gasteiger charge is -2.09. The van der Waals surface area contributed by atoms with Crippen LogP contribution in [0.5, 0.6) is 5.75 Å². The molecule has 2 aromatic carbocycles. The molecule has 0 fully saturated rings. The van der Waals surface area contributed by atoms with Crippen molar-refractivity contribution in [2.75, 3.05) is 13.7 Å². The maximum atomic E-state index is 13.7. The van der Waals surface area contributed by atoms with Crippen LogP contribution in [0.15, 0.2) is 42.5 Å². The van der Waals surface area contributed by atoms with Gasteiger partial charge in [-0.05, 0) is 30.7 Å². The third-order valence-electron chi connectivity index (χ3n) is 3.11. The quantitative estimate of drug-likeness (QED) is 0.818. The molecule has 0 saturated carbocycles. The first-order chi connectivity index (χ1) is 9.72. The third kappa shape index (κ3) is 3.71. The molecule has 20 heavy (non-hydrogen) atoms. The number of hydrogen-bond donors (Lipinski definition) is 1. The van der Waals surface area contributed by atoms with Crippen LogP contribution in [0.4, 0.5) is 4.39 Å². The normalized spacial score (nSPS) is 10.6. The lowest BCUT2D eigenvalue weighted by atomic mass is 10.1. The number of hydrogen-bond acceptors (Lipinski definition) is 2. The fourth-order valence-electron chi connectivity index (χ4n) is 2.04. The molecule has 0 atom stereocenters. The van der Waals surface area contributed by atoms with Crippen molar-refractivity contribution in [1.82, 2.24) is 5.32 Å². The van der Waals surface area contributed by atoms with Crippen LogP contribution in [0.2, 0.25) is 5.02 Å².